The van der Waals surface area contributed by atoms with Crippen molar-refractivity contribution >= 4 is 11.6 Å². The summed E-state index contributed by atoms with van der Waals surface area (Å²) < 4.78 is 0. The van der Waals surface area contributed by atoms with Crippen LogP contribution in [-0.4, -0.2) is 11.9 Å². The quantitative estimate of drug-likeness (QED) is 0.770. The van der Waals surface area contributed by atoms with Crippen LogP contribution in [0.5, 0.6) is 0 Å². The van der Waals surface area contributed by atoms with E-state index in [1.165, 1.54) is 25.7 Å². The van der Waals surface area contributed by atoms with Crippen LogP contribution < -0.4 is 11.1 Å². The van der Waals surface area contributed by atoms with Gasteiger partial charge in [-0.15, -0.1) is 0 Å². The fourth-order valence-corrected chi connectivity index (χ4v) is 2.80. The van der Waals surface area contributed by atoms with Crippen LogP contribution in [0.1, 0.15) is 37.7 Å². The van der Waals surface area contributed by atoms with E-state index >= 15 is 0 Å². The van der Waals surface area contributed by atoms with E-state index in [9.17, 15) is 4.79 Å². The molecule has 1 amide bonds. The lowest BCUT2D eigenvalue weighted by Gasteiger charge is -2.17. The number of hydrogen-bond acceptors (Lipinski definition) is 2. The summed E-state index contributed by atoms with van der Waals surface area (Å²) >= 11 is 0. The first-order valence-corrected chi connectivity index (χ1v) is 7.37. The molecule has 0 unspecified atom stereocenters. The molecular formula is C16H22N2O. The zero-order chi connectivity index (χ0) is 13.2. The van der Waals surface area contributed by atoms with Crippen molar-refractivity contribution in [3.63, 3.8) is 0 Å². The highest BCUT2D eigenvalue weighted by Crippen LogP contribution is 2.44. The topological polar surface area (TPSA) is 55.1 Å². The van der Waals surface area contributed by atoms with Gasteiger partial charge in [-0.2, -0.15) is 0 Å². The molecule has 1 aromatic rings. The maximum Gasteiger partial charge on any atom is 0.220 e. The van der Waals surface area contributed by atoms with E-state index in [4.69, 9.17) is 5.73 Å². The summed E-state index contributed by atoms with van der Waals surface area (Å²) in [5, 5.41) is 3.25. The highest BCUT2D eigenvalue weighted by atomic mass is 16.1. The monoisotopic (exact) mass is 258 g/mol. The zero-order valence-electron chi connectivity index (χ0n) is 11.3. The number of hydrogen-bond donors (Lipinski definition) is 2. The first-order valence-electron chi connectivity index (χ1n) is 7.37. The molecule has 0 aromatic heterocycles. The Balaban J connectivity index is 1.49. The predicted octanol–water partition coefficient (Wildman–Crippen LogP) is 2.51. The van der Waals surface area contributed by atoms with Crippen LogP contribution in [0.2, 0.25) is 0 Å². The van der Waals surface area contributed by atoms with Gasteiger partial charge in [-0.05, 0) is 55.6 Å². The number of nitrogens with one attached hydrogen (secondary N) is 1. The second kappa shape index (κ2) is 5.24. The molecule has 3 N–H and O–H groups in total. The summed E-state index contributed by atoms with van der Waals surface area (Å²) in [7, 11) is 0. The Kier molecular flexibility index (Phi) is 3.45. The molecular weight excluding hydrogens is 236 g/mol. The van der Waals surface area contributed by atoms with Gasteiger partial charge in [0.1, 0.15) is 0 Å². The second-order valence-corrected chi connectivity index (χ2v) is 5.97. The fourth-order valence-electron chi connectivity index (χ4n) is 2.80. The number of carbonyl (C=O) groups excluding carboxylic acids is 1. The molecule has 3 heteroatoms. The van der Waals surface area contributed by atoms with Crippen LogP contribution in [-0.2, 0) is 11.2 Å². The molecule has 1 aromatic carbocycles. The van der Waals surface area contributed by atoms with Crippen molar-refractivity contribution in [2.75, 3.05) is 5.73 Å². The lowest BCUT2D eigenvalue weighted by Crippen LogP contribution is -2.38. The van der Waals surface area contributed by atoms with Gasteiger partial charge in [0.05, 0.1) is 0 Å². The van der Waals surface area contributed by atoms with Crippen molar-refractivity contribution in [3.8, 4) is 0 Å². The molecule has 3 rings (SSSR count). The molecule has 3 nitrogen and oxygen atoms in total. The minimum Gasteiger partial charge on any atom is -0.399 e. The molecule has 0 bridgehead atoms. The van der Waals surface area contributed by atoms with Gasteiger partial charge >= 0.3 is 0 Å². The summed E-state index contributed by atoms with van der Waals surface area (Å²) in [5.41, 5.74) is 7.76. The van der Waals surface area contributed by atoms with Crippen molar-refractivity contribution in [2.24, 2.45) is 11.8 Å². The highest BCUT2D eigenvalue weighted by molar-refractivity contribution is 5.77. The van der Waals surface area contributed by atoms with Gasteiger partial charge < -0.3 is 11.1 Å². The van der Waals surface area contributed by atoms with Crippen LogP contribution in [0, 0.1) is 11.8 Å². The Labute approximate surface area is 114 Å². The van der Waals surface area contributed by atoms with Crippen molar-refractivity contribution in [1.29, 1.82) is 0 Å². The van der Waals surface area contributed by atoms with Crippen molar-refractivity contribution < 1.29 is 4.79 Å². The third-order valence-corrected chi connectivity index (χ3v) is 4.26. The molecule has 0 spiro atoms. The van der Waals surface area contributed by atoms with Crippen molar-refractivity contribution in [3.05, 3.63) is 29.8 Å². The molecule has 2 aliphatic rings. The Bertz CT molecular complexity index is 452. The molecule has 0 heterocycles. The molecule has 0 aliphatic heterocycles. The summed E-state index contributed by atoms with van der Waals surface area (Å²) in [6.07, 6.45) is 6.48. The molecule has 19 heavy (non-hydrogen) atoms. The maximum absolute atomic E-state index is 12.1. The first-order chi connectivity index (χ1) is 9.24. The molecule has 0 saturated heterocycles. The number of benzene rings is 1. The third kappa shape index (κ3) is 3.28. The molecule has 0 atom stereocenters. The van der Waals surface area contributed by atoms with E-state index in [-0.39, 0.29) is 5.91 Å². The second-order valence-electron chi connectivity index (χ2n) is 5.97. The maximum atomic E-state index is 12.1. The van der Waals surface area contributed by atoms with Crippen LogP contribution in [0.3, 0.4) is 0 Å². The van der Waals surface area contributed by atoms with E-state index in [2.05, 4.69) is 5.32 Å². The fraction of sp³-hybridized carbons (Fsp3) is 0.562. The zero-order valence-corrected chi connectivity index (χ0v) is 11.3. The number of nitrogens with two attached hydrogens (primary N) is 1. The number of carbonyl (C=O) groups is 1. The Morgan fingerprint density at radius 3 is 2.42 bits per heavy atom. The number of para-hydroxylation sites is 1. The smallest absolute Gasteiger partial charge is 0.220 e. The van der Waals surface area contributed by atoms with Gasteiger partial charge in [0, 0.05) is 18.2 Å². The van der Waals surface area contributed by atoms with Crippen LogP contribution >= 0.6 is 0 Å². The Hall–Kier alpha value is -1.51. The van der Waals surface area contributed by atoms with E-state index < -0.39 is 0 Å². The van der Waals surface area contributed by atoms with E-state index in [0.717, 1.165) is 29.5 Å². The van der Waals surface area contributed by atoms with Crippen LogP contribution in [0.15, 0.2) is 24.3 Å². The van der Waals surface area contributed by atoms with E-state index in [1.807, 2.05) is 24.3 Å². The minimum atomic E-state index is 0.187. The predicted molar refractivity (Wildman–Crippen MR) is 76.6 cm³/mol. The van der Waals surface area contributed by atoms with E-state index in [1.54, 1.807) is 0 Å². The number of aryl methyl sites for hydroxylation is 1. The average molecular weight is 258 g/mol. The van der Waals surface area contributed by atoms with Gasteiger partial charge in [-0.1, -0.05) is 18.2 Å². The lowest BCUT2D eigenvalue weighted by atomic mass is 10.1. The summed E-state index contributed by atoms with van der Waals surface area (Å²) in [4.78, 5) is 12.1. The normalized spacial score (nSPS) is 18.6. The van der Waals surface area contributed by atoms with Gasteiger partial charge in [0.15, 0.2) is 0 Å². The minimum absolute atomic E-state index is 0.187. The van der Waals surface area contributed by atoms with Crippen molar-refractivity contribution in [2.45, 2.75) is 44.6 Å². The molecule has 2 saturated carbocycles. The number of nitrogen functional groups attached to an aromatic ring is 1. The van der Waals surface area contributed by atoms with Gasteiger partial charge in [0.2, 0.25) is 5.91 Å². The SMILES string of the molecule is Nc1ccccc1CCC(=O)NC(C1CC1)C1CC1. The molecule has 2 fully saturated rings. The Morgan fingerprint density at radius 2 is 1.84 bits per heavy atom. The number of rotatable bonds is 6. The van der Waals surface area contributed by atoms with Gasteiger partial charge in [-0.25, -0.2) is 0 Å². The standard InChI is InChI=1S/C16H22N2O/c17-14-4-2-1-3-11(14)9-10-15(19)18-16(12-5-6-12)13-7-8-13/h1-4,12-13,16H,5-10,17H2,(H,18,19). The molecule has 0 radical (unpaired) electrons. The summed E-state index contributed by atoms with van der Waals surface area (Å²) in [5.74, 6) is 1.71. The van der Waals surface area contributed by atoms with Gasteiger partial charge in [-0.3, -0.25) is 4.79 Å². The highest BCUT2D eigenvalue weighted by Gasteiger charge is 2.42. The van der Waals surface area contributed by atoms with E-state index in [0.29, 0.717) is 12.5 Å². The van der Waals surface area contributed by atoms with Crippen LogP contribution in [0.4, 0.5) is 5.69 Å². The number of anilines is 1. The molecule has 2 aliphatic carbocycles. The lowest BCUT2D eigenvalue weighted by molar-refractivity contribution is -0.122. The largest absolute Gasteiger partial charge is 0.399 e. The first kappa shape index (κ1) is 12.5. The number of amides is 1. The van der Waals surface area contributed by atoms with Crippen molar-refractivity contribution in [1.82, 2.24) is 5.32 Å². The molecule has 102 valence electrons. The van der Waals surface area contributed by atoms with Crippen LogP contribution in [0.25, 0.3) is 0 Å². The summed E-state index contributed by atoms with van der Waals surface area (Å²) in [6.45, 7) is 0. The summed E-state index contributed by atoms with van der Waals surface area (Å²) in [6, 6.07) is 8.25. The third-order valence-electron chi connectivity index (χ3n) is 4.26. The average Bonchev–Trinajstić information content (AvgIpc) is 3.28. The Morgan fingerprint density at radius 1 is 1.21 bits per heavy atom. The van der Waals surface area contributed by atoms with Gasteiger partial charge in [0.25, 0.3) is 0 Å².